The van der Waals surface area contributed by atoms with Crippen molar-refractivity contribution in [2.75, 3.05) is 25.6 Å². The first-order chi connectivity index (χ1) is 11.7. The molecule has 0 amide bonds. The number of fused-ring (bicyclic) bond motifs is 1. The zero-order valence-electron chi connectivity index (χ0n) is 13.3. The first-order valence-corrected chi connectivity index (χ1v) is 8.05. The second-order valence-corrected chi connectivity index (χ2v) is 6.26. The number of benzene rings is 1. The summed E-state index contributed by atoms with van der Waals surface area (Å²) in [6.45, 7) is 2.50. The number of aromatic nitrogens is 2. The number of aliphatic hydroxyl groups excluding tert-OH is 1. The van der Waals surface area contributed by atoms with Crippen LogP contribution in [0.5, 0.6) is 11.5 Å². The molecule has 0 spiro atoms. The van der Waals surface area contributed by atoms with Crippen LogP contribution >= 0.6 is 0 Å². The van der Waals surface area contributed by atoms with Gasteiger partial charge in [-0.3, -0.25) is 4.90 Å². The number of aliphatic hydroxyl groups is 1. The quantitative estimate of drug-likeness (QED) is 0.872. The van der Waals surface area contributed by atoms with Gasteiger partial charge in [0.05, 0.1) is 6.10 Å². The van der Waals surface area contributed by atoms with Gasteiger partial charge >= 0.3 is 0 Å². The molecular weight excluding hydrogens is 308 g/mol. The van der Waals surface area contributed by atoms with E-state index in [0.717, 1.165) is 35.6 Å². The minimum Gasteiger partial charge on any atom is -0.454 e. The summed E-state index contributed by atoms with van der Waals surface area (Å²) in [6, 6.07) is 5.92. The molecule has 3 N–H and O–H groups in total. The zero-order valence-corrected chi connectivity index (χ0v) is 13.3. The number of nitrogen functional groups attached to an aromatic ring is 1. The molecule has 0 bridgehead atoms. The van der Waals surface area contributed by atoms with Crippen molar-refractivity contribution < 1.29 is 14.6 Å². The molecule has 2 aromatic rings. The Morgan fingerprint density at radius 3 is 2.79 bits per heavy atom. The van der Waals surface area contributed by atoms with Gasteiger partial charge in [0.15, 0.2) is 11.5 Å². The molecule has 0 saturated carbocycles. The fourth-order valence-electron chi connectivity index (χ4n) is 3.38. The Balaban J connectivity index is 1.42. The molecule has 126 valence electrons. The summed E-state index contributed by atoms with van der Waals surface area (Å²) in [5.41, 5.74) is 7.61. The number of piperidine rings is 1. The highest BCUT2D eigenvalue weighted by atomic mass is 16.7. The fraction of sp³-hybridized carbons (Fsp3) is 0.412. The van der Waals surface area contributed by atoms with E-state index in [9.17, 15) is 5.11 Å². The summed E-state index contributed by atoms with van der Waals surface area (Å²) >= 11 is 0. The smallest absolute Gasteiger partial charge is 0.231 e. The van der Waals surface area contributed by atoms with E-state index in [2.05, 4.69) is 14.9 Å². The molecule has 7 heteroatoms. The third-order valence-electron chi connectivity index (χ3n) is 4.62. The van der Waals surface area contributed by atoms with Crippen LogP contribution in [-0.4, -0.2) is 46.0 Å². The van der Waals surface area contributed by atoms with Crippen molar-refractivity contribution in [1.29, 1.82) is 0 Å². The van der Waals surface area contributed by atoms with Gasteiger partial charge in [-0.2, -0.15) is 0 Å². The van der Waals surface area contributed by atoms with Crippen LogP contribution in [0.2, 0.25) is 0 Å². The monoisotopic (exact) mass is 328 g/mol. The van der Waals surface area contributed by atoms with Gasteiger partial charge in [-0.25, -0.2) is 9.97 Å². The first-order valence-electron chi connectivity index (χ1n) is 8.05. The Bertz CT molecular complexity index is 722. The van der Waals surface area contributed by atoms with E-state index in [1.807, 2.05) is 18.2 Å². The summed E-state index contributed by atoms with van der Waals surface area (Å²) in [5, 5.41) is 10.6. The number of β-amino-alcohol motifs (C(OH)–C–C–N with tert-alkyl or cyclic N) is 1. The lowest BCUT2D eigenvalue weighted by molar-refractivity contribution is 0.0475. The van der Waals surface area contributed by atoms with Crippen LogP contribution in [0.15, 0.2) is 30.6 Å². The molecule has 2 atom stereocenters. The maximum Gasteiger partial charge on any atom is 0.231 e. The second kappa shape index (κ2) is 6.26. The number of nitrogens with two attached hydrogens (primary N) is 1. The maximum atomic E-state index is 10.6. The Kier molecular flexibility index (Phi) is 3.95. The topological polar surface area (TPSA) is 93.7 Å². The third kappa shape index (κ3) is 3.00. The zero-order chi connectivity index (χ0) is 16.5. The Morgan fingerprint density at radius 1 is 1.21 bits per heavy atom. The van der Waals surface area contributed by atoms with Gasteiger partial charge in [0, 0.05) is 37.0 Å². The van der Waals surface area contributed by atoms with Crippen molar-refractivity contribution in [2.24, 2.45) is 0 Å². The van der Waals surface area contributed by atoms with E-state index >= 15 is 0 Å². The number of anilines is 1. The highest BCUT2D eigenvalue weighted by molar-refractivity contribution is 5.45. The van der Waals surface area contributed by atoms with Crippen LogP contribution < -0.4 is 15.2 Å². The van der Waals surface area contributed by atoms with Crippen LogP contribution in [0.4, 0.5) is 5.95 Å². The highest BCUT2D eigenvalue weighted by Gasteiger charge is 2.30. The number of hydrogen-bond acceptors (Lipinski definition) is 7. The minimum absolute atomic E-state index is 0.110. The van der Waals surface area contributed by atoms with Gasteiger partial charge in [0.1, 0.15) is 0 Å². The lowest BCUT2D eigenvalue weighted by Crippen LogP contribution is -2.42. The molecule has 0 radical (unpaired) electrons. The van der Waals surface area contributed by atoms with E-state index in [-0.39, 0.29) is 18.7 Å². The van der Waals surface area contributed by atoms with Crippen molar-refractivity contribution in [3.63, 3.8) is 0 Å². The summed E-state index contributed by atoms with van der Waals surface area (Å²) in [7, 11) is 0. The molecule has 0 unspecified atom stereocenters. The molecule has 7 nitrogen and oxygen atoms in total. The number of hydrogen-bond donors (Lipinski definition) is 2. The fourth-order valence-corrected chi connectivity index (χ4v) is 3.38. The molecule has 1 aromatic carbocycles. The molecule has 3 heterocycles. The number of ether oxygens (including phenoxy) is 2. The lowest BCUT2D eigenvalue weighted by atomic mass is 9.87. The third-order valence-corrected chi connectivity index (χ3v) is 4.62. The maximum absolute atomic E-state index is 10.6. The van der Waals surface area contributed by atoms with Crippen LogP contribution in [0.25, 0.3) is 0 Å². The number of rotatable bonds is 3. The number of likely N-dealkylation sites (tertiary alicyclic amines) is 1. The molecular formula is C17H20N4O3. The van der Waals surface area contributed by atoms with Crippen LogP contribution in [0, 0.1) is 0 Å². The predicted molar refractivity (Wildman–Crippen MR) is 87.7 cm³/mol. The van der Waals surface area contributed by atoms with Crippen molar-refractivity contribution in [3.05, 3.63) is 41.7 Å². The normalized spacial score (nSPS) is 23.4. The molecule has 1 fully saturated rings. The summed E-state index contributed by atoms with van der Waals surface area (Å²) in [4.78, 5) is 10.2. The molecule has 1 saturated heterocycles. The second-order valence-electron chi connectivity index (χ2n) is 6.26. The average Bonchev–Trinajstić information content (AvgIpc) is 3.05. The van der Waals surface area contributed by atoms with Crippen molar-refractivity contribution in [3.8, 4) is 11.5 Å². The van der Waals surface area contributed by atoms with Crippen molar-refractivity contribution in [1.82, 2.24) is 14.9 Å². The SMILES string of the molecule is Nc1ncc(CN2CC[C@@H](c3ccc4c(c3)OCO4)[C@H](O)C2)cn1. The van der Waals surface area contributed by atoms with E-state index < -0.39 is 6.10 Å². The average molecular weight is 328 g/mol. The molecule has 4 rings (SSSR count). The Labute approximate surface area is 140 Å². The van der Waals surface area contributed by atoms with Gasteiger partial charge in [0.2, 0.25) is 12.7 Å². The molecule has 24 heavy (non-hydrogen) atoms. The predicted octanol–water partition coefficient (Wildman–Crippen LogP) is 1.14. The van der Waals surface area contributed by atoms with Crippen molar-refractivity contribution >= 4 is 5.95 Å². The first kappa shape index (κ1) is 15.2. The minimum atomic E-state index is -0.422. The van der Waals surface area contributed by atoms with Gasteiger partial charge in [-0.1, -0.05) is 6.07 Å². The van der Waals surface area contributed by atoms with E-state index in [1.54, 1.807) is 12.4 Å². The number of nitrogens with zero attached hydrogens (tertiary/aromatic N) is 3. The van der Waals surface area contributed by atoms with E-state index in [0.29, 0.717) is 13.1 Å². The van der Waals surface area contributed by atoms with Crippen LogP contribution in [0.1, 0.15) is 23.5 Å². The summed E-state index contributed by atoms with van der Waals surface area (Å²) < 4.78 is 10.8. The highest BCUT2D eigenvalue weighted by Crippen LogP contribution is 2.37. The molecule has 1 aromatic heterocycles. The van der Waals surface area contributed by atoms with Crippen LogP contribution in [-0.2, 0) is 6.54 Å². The van der Waals surface area contributed by atoms with E-state index in [1.165, 1.54) is 0 Å². The van der Waals surface area contributed by atoms with Crippen molar-refractivity contribution in [2.45, 2.75) is 25.0 Å². The molecule has 0 aliphatic carbocycles. The standard InChI is InChI=1S/C17H20N4O3/c18-17-19-6-11(7-20-17)8-21-4-3-13(14(22)9-21)12-1-2-15-16(5-12)24-10-23-15/h1-2,5-7,13-14,22H,3-4,8-10H2,(H2,18,19,20)/t13-,14+/m0/s1. The Morgan fingerprint density at radius 2 is 2.00 bits per heavy atom. The lowest BCUT2D eigenvalue weighted by Gasteiger charge is -2.36. The van der Waals surface area contributed by atoms with Crippen LogP contribution in [0.3, 0.4) is 0 Å². The Hall–Kier alpha value is -2.38. The molecule has 2 aliphatic rings. The van der Waals surface area contributed by atoms with E-state index in [4.69, 9.17) is 15.2 Å². The molecule has 2 aliphatic heterocycles. The van der Waals surface area contributed by atoms with Gasteiger partial charge in [-0.15, -0.1) is 0 Å². The summed E-state index contributed by atoms with van der Waals surface area (Å²) in [5.74, 6) is 1.92. The largest absolute Gasteiger partial charge is 0.454 e. The van der Waals surface area contributed by atoms with Gasteiger partial charge in [0.25, 0.3) is 0 Å². The summed E-state index contributed by atoms with van der Waals surface area (Å²) in [6.07, 6.45) is 3.93. The van der Waals surface area contributed by atoms with Gasteiger partial charge in [-0.05, 0) is 30.7 Å². The van der Waals surface area contributed by atoms with Gasteiger partial charge < -0.3 is 20.3 Å².